The molecule has 1 atom stereocenters. The Labute approximate surface area is 109 Å². The third kappa shape index (κ3) is 2.66. The molecule has 0 amide bonds. The lowest BCUT2D eigenvalue weighted by Crippen LogP contribution is -2.20. The fourth-order valence-corrected chi connectivity index (χ4v) is 2.21. The van der Waals surface area contributed by atoms with Gasteiger partial charge in [0.2, 0.25) is 0 Å². The van der Waals surface area contributed by atoms with Gasteiger partial charge in [-0.05, 0) is 30.9 Å². The SMILES string of the molecule is COC(=O)C(c1ccc(C)c(C)c1OC)C(C)C. The van der Waals surface area contributed by atoms with E-state index in [1.807, 2.05) is 39.8 Å². The number of hydrogen-bond acceptors (Lipinski definition) is 3. The van der Waals surface area contributed by atoms with E-state index in [1.165, 1.54) is 7.11 Å². The van der Waals surface area contributed by atoms with Crippen molar-refractivity contribution in [2.75, 3.05) is 14.2 Å². The highest BCUT2D eigenvalue weighted by molar-refractivity contribution is 5.79. The number of esters is 1. The molecule has 100 valence electrons. The fourth-order valence-electron chi connectivity index (χ4n) is 2.21. The number of aryl methyl sites for hydroxylation is 1. The van der Waals surface area contributed by atoms with Crippen LogP contribution in [0.2, 0.25) is 0 Å². The summed E-state index contributed by atoms with van der Waals surface area (Å²) in [6.07, 6.45) is 0. The van der Waals surface area contributed by atoms with Gasteiger partial charge in [-0.1, -0.05) is 26.0 Å². The number of benzene rings is 1. The lowest BCUT2D eigenvalue weighted by Gasteiger charge is -2.22. The molecule has 0 aliphatic rings. The average Bonchev–Trinajstić information content (AvgIpc) is 2.33. The Hall–Kier alpha value is -1.51. The molecule has 1 aromatic carbocycles. The summed E-state index contributed by atoms with van der Waals surface area (Å²) in [7, 11) is 3.06. The van der Waals surface area contributed by atoms with Crippen LogP contribution in [-0.4, -0.2) is 20.2 Å². The molecule has 0 saturated heterocycles. The summed E-state index contributed by atoms with van der Waals surface area (Å²) in [5.74, 6) is 0.448. The quantitative estimate of drug-likeness (QED) is 0.770. The van der Waals surface area contributed by atoms with E-state index >= 15 is 0 Å². The Bertz CT molecular complexity index is 436. The summed E-state index contributed by atoms with van der Waals surface area (Å²) < 4.78 is 10.4. The van der Waals surface area contributed by atoms with Crippen LogP contribution in [0.15, 0.2) is 12.1 Å². The van der Waals surface area contributed by atoms with Crippen LogP contribution >= 0.6 is 0 Å². The summed E-state index contributed by atoms with van der Waals surface area (Å²) in [6.45, 7) is 8.06. The van der Waals surface area contributed by atoms with E-state index in [4.69, 9.17) is 9.47 Å². The maximum Gasteiger partial charge on any atom is 0.313 e. The third-order valence-corrected chi connectivity index (χ3v) is 3.37. The van der Waals surface area contributed by atoms with Crippen molar-refractivity contribution >= 4 is 5.97 Å². The van der Waals surface area contributed by atoms with E-state index in [-0.39, 0.29) is 17.8 Å². The minimum atomic E-state index is -0.288. The van der Waals surface area contributed by atoms with Crippen LogP contribution in [0.3, 0.4) is 0 Å². The largest absolute Gasteiger partial charge is 0.496 e. The van der Waals surface area contributed by atoms with E-state index in [9.17, 15) is 4.79 Å². The molecule has 0 heterocycles. The molecule has 1 unspecified atom stereocenters. The Morgan fingerprint density at radius 2 is 1.78 bits per heavy atom. The van der Waals surface area contributed by atoms with Crippen molar-refractivity contribution in [3.05, 3.63) is 28.8 Å². The molecule has 0 spiro atoms. The molecule has 18 heavy (non-hydrogen) atoms. The average molecular weight is 250 g/mol. The summed E-state index contributed by atoms with van der Waals surface area (Å²) in [5.41, 5.74) is 3.13. The van der Waals surface area contributed by atoms with E-state index in [0.29, 0.717) is 0 Å². The standard InChI is InChI=1S/C15H22O3/c1-9(2)13(15(16)18-6)12-8-7-10(3)11(4)14(12)17-5/h7-9,13H,1-6H3. The minimum Gasteiger partial charge on any atom is -0.496 e. The minimum absolute atomic E-state index is 0.161. The monoisotopic (exact) mass is 250 g/mol. The molecule has 1 rings (SSSR count). The highest BCUT2D eigenvalue weighted by Crippen LogP contribution is 2.36. The molecule has 0 aliphatic heterocycles. The van der Waals surface area contributed by atoms with Crippen molar-refractivity contribution in [2.24, 2.45) is 5.92 Å². The molecule has 0 bridgehead atoms. The van der Waals surface area contributed by atoms with Gasteiger partial charge in [-0.3, -0.25) is 4.79 Å². The van der Waals surface area contributed by atoms with Crippen LogP contribution in [0.5, 0.6) is 5.75 Å². The smallest absolute Gasteiger partial charge is 0.313 e. The van der Waals surface area contributed by atoms with Crippen LogP contribution in [-0.2, 0) is 9.53 Å². The maximum atomic E-state index is 11.9. The molecule has 0 aromatic heterocycles. The number of hydrogen-bond donors (Lipinski definition) is 0. The molecule has 0 radical (unpaired) electrons. The lowest BCUT2D eigenvalue weighted by molar-refractivity contribution is -0.143. The van der Waals surface area contributed by atoms with E-state index in [2.05, 4.69) is 0 Å². The molecule has 0 saturated carbocycles. The first-order valence-electron chi connectivity index (χ1n) is 6.15. The van der Waals surface area contributed by atoms with Gasteiger partial charge in [-0.15, -0.1) is 0 Å². The number of methoxy groups -OCH3 is 2. The highest BCUT2D eigenvalue weighted by Gasteiger charge is 2.28. The van der Waals surface area contributed by atoms with Crippen molar-refractivity contribution in [2.45, 2.75) is 33.6 Å². The number of carbonyl (C=O) groups excluding carboxylic acids is 1. The maximum absolute atomic E-state index is 11.9. The predicted molar refractivity (Wildman–Crippen MR) is 72.1 cm³/mol. The first kappa shape index (κ1) is 14.6. The zero-order chi connectivity index (χ0) is 13.9. The summed E-state index contributed by atoms with van der Waals surface area (Å²) in [6, 6.07) is 3.98. The Morgan fingerprint density at radius 1 is 1.17 bits per heavy atom. The predicted octanol–water partition coefficient (Wildman–Crippen LogP) is 3.22. The Morgan fingerprint density at radius 3 is 2.22 bits per heavy atom. The second-order valence-corrected chi connectivity index (χ2v) is 4.87. The fraction of sp³-hybridized carbons (Fsp3) is 0.533. The topological polar surface area (TPSA) is 35.5 Å². The van der Waals surface area contributed by atoms with Crippen LogP contribution < -0.4 is 4.74 Å². The molecule has 1 aromatic rings. The molecule has 0 fully saturated rings. The van der Waals surface area contributed by atoms with Crippen LogP contribution in [0.1, 0.15) is 36.5 Å². The van der Waals surface area contributed by atoms with Gasteiger partial charge in [0.25, 0.3) is 0 Å². The molecule has 0 N–H and O–H groups in total. The van der Waals surface area contributed by atoms with Crippen molar-refractivity contribution in [3.63, 3.8) is 0 Å². The van der Waals surface area contributed by atoms with Gasteiger partial charge in [0.05, 0.1) is 20.1 Å². The van der Waals surface area contributed by atoms with Gasteiger partial charge < -0.3 is 9.47 Å². The van der Waals surface area contributed by atoms with E-state index in [1.54, 1.807) is 7.11 Å². The van der Waals surface area contributed by atoms with Crippen LogP contribution in [0.25, 0.3) is 0 Å². The van der Waals surface area contributed by atoms with Crippen molar-refractivity contribution in [1.82, 2.24) is 0 Å². The van der Waals surface area contributed by atoms with Crippen molar-refractivity contribution in [1.29, 1.82) is 0 Å². The normalized spacial score (nSPS) is 12.4. The molecule has 3 heteroatoms. The van der Waals surface area contributed by atoms with Gasteiger partial charge >= 0.3 is 5.97 Å². The third-order valence-electron chi connectivity index (χ3n) is 3.37. The Kier molecular flexibility index (Phi) is 4.76. The van der Waals surface area contributed by atoms with Gasteiger partial charge in [0.1, 0.15) is 5.75 Å². The second-order valence-electron chi connectivity index (χ2n) is 4.87. The number of carbonyl (C=O) groups is 1. The van der Waals surface area contributed by atoms with Crippen LogP contribution in [0.4, 0.5) is 0 Å². The van der Waals surface area contributed by atoms with Gasteiger partial charge in [-0.25, -0.2) is 0 Å². The summed E-state index contributed by atoms with van der Waals surface area (Å²) in [4.78, 5) is 11.9. The summed E-state index contributed by atoms with van der Waals surface area (Å²) >= 11 is 0. The lowest BCUT2D eigenvalue weighted by atomic mass is 9.86. The molecule has 0 aliphatic carbocycles. The second kappa shape index (κ2) is 5.89. The zero-order valence-corrected chi connectivity index (χ0v) is 12.0. The van der Waals surface area contributed by atoms with Crippen LogP contribution in [0, 0.1) is 19.8 Å². The van der Waals surface area contributed by atoms with Crippen molar-refractivity contribution < 1.29 is 14.3 Å². The number of rotatable bonds is 4. The van der Waals surface area contributed by atoms with Crippen molar-refractivity contribution in [3.8, 4) is 5.75 Å². The van der Waals surface area contributed by atoms with Gasteiger partial charge in [0, 0.05) is 5.56 Å². The Balaban J connectivity index is 3.37. The van der Waals surface area contributed by atoms with Gasteiger partial charge in [-0.2, -0.15) is 0 Å². The number of ether oxygens (including phenoxy) is 2. The van der Waals surface area contributed by atoms with E-state index < -0.39 is 0 Å². The molecular weight excluding hydrogens is 228 g/mol. The zero-order valence-electron chi connectivity index (χ0n) is 12.0. The first-order valence-corrected chi connectivity index (χ1v) is 6.15. The first-order chi connectivity index (χ1) is 8.43. The highest BCUT2D eigenvalue weighted by atomic mass is 16.5. The molecular formula is C15H22O3. The van der Waals surface area contributed by atoms with E-state index in [0.717, 1.165) is 22.4 Å². The summed E-state index contributed by atoms with van der Waals surface area (Å²) in [5, 5.41) is 0. The van der Waals surface area contributed by atoms with Gasteiger partial charge in [0.15, 0.2) is 0 Å². The molecule has 3 nitrogen and oxygen atoms in total.